The second kappa shape index (κ2) is 8.07. The van der Waals surface area contributed by atoms with Crippen molar-refractivity contribution in [2.24, 2.45) is 0 Å². The van der Waals surface area contributed by atoms with E-state index in [0.717, 1.165) is 22.6 Å². The molecule has 0 aromatic heterocycles. The number of carbonyl (C=O) groups is 1. The molecule has 0 spiro atoms. The molecular formula is C20H23N3O4. The molecule has 1 aliphatic rings. The number of hydrogen-bond acceptors (Lipinski definition) is 5. The third-order valence-corrected chi connectivity index (χ3v) is 4.73. The molecule has 0 radical (unpaired) electrons. The predicted octanol–water partition coefficient (Wildman–Crippen LogP) is 2.94. The molecule has 3 rings (SSSR count). The Labute approximate surface area is 158 Å². The van der Waals surface area contributed by atoms with Crippen LogP contribution in [0.2, 0.25) is 0 Å². The van der Waals surface area contributed by atoms with Gasteiger partial charge in [-0.25, -0.2) is 0 Å². The fourth-order valence-corrected chi connectivity index (χ4v) is 3.11. The number of hydrogen-bond donors (Lipinski definition) is 0. The fraction of sp³-hybridized carbons (Fsp3) is 0.350. The maximum Gasteiger partial charge on any atom is 0.271 e. The molecule has 1 heterocycles. The minimum absolute atomic E-state index is 0.0150. The van der Waals surface area contributed by atoms with E-state index in [-0.39, 0.29) is 18.2 Å². The average Bonchev–Trinajstić information content (AvgIpc) is 2.68. The lowest BCUT2D eigenvalue weighted by Crippen LogP contribution is -2.50. The molecule has 1 saturated heterocycles. The molecule has 0 N–H and O–H groups in total. The van der Waals surface area contributed by atoms with E-state index < -0.39 is 4.92 Å². The van der Waals surface area contributed by atoms with Crippen LogP contribution in [0.15, 0.2) is 42.5 Å². The number of rotatable bonds is 5. The van der Waals surface area contributed by atoms with Gasteiger partial charge in [0.25, 0.3) is 11.6 Å². The standard InChI is InChI=1S/C20H23N3O4/c1-15-6-7-16(2)19(12-15)27-14-20(24)22-10-8-21(9-11-22)17-4-3-5-18(13-17)23(25)26/h3-7,12-13H,8-11,14H2,1-2H3. The Kier molecular flexibility index (Phi) is 5.59. The Morgan fingerprint density at radius 1 is 1.11 bits per heavy atom. The SMILES string of the molecule is Cc1ccc(C)c(OCC(=O)N2CCN(c3cccc([N+](=O)[O-])c3)CC2)c1. The summed E-state index contributed by atoms with van der Waals surface area (Å²) in [6.07, 6.45) is 0. The molecule has 0 unspecified atom stereocenters. The summed E-state index contributed by atoms with van der Waals surface area (Å²) in [6, 6.07) is 12.5. The smallest absolute Gasteiger partial charge is 0.271 e. The normalized spacial score (nSPS) is 14.1. The van der Waals surface area contributed by atoms with E-state index in [2.05, 4.69) is 4.90 Å². The second-order valence-corrected chi connectivity index (χ2v) is 6.70. The summed E-state index contributed by atoms with van der Waals surface area (Å²) in [6.45, 7) is 6.36. The van der Waals surface area contributed by atoms with E-state index >= 15 is 0 Å². The first-order chi connectivity index (χ1) is 12.9. The number of benzene rings is 2. The van der Waals surface area contributed by atoms with E-state index in [0.29, 0.717) is 26.2 Å². The van der Waals surface area contributed by atoms with Crippen molar-refractivity contribution in [2.75, 3.05) is 37.7 Å². The van der Waals surface area contributed by atoms with Crippen LogP contribution in [0.4, 0.5) is 11.4 Å². The van der Waals surface area contributed by atoms with Gasteiger partial charge in [0.2, 0.25) is 0 Å². The summed E-state index contributed by atoms with van der Waals surface area (Å²) in [5.74, 6) is 0.688. The van der Waals surface area contributed by atoms with E-state index in [9.17, 15) is 14.9 Å². The Morgan fingerprint density at radius 3 is 2.56 bits per heavy atom. The summed E-state index contributed by atoms with van der Waals surface area (Å²) in [5.41, 5.74) is 2.98. The Hall–Kier alpha value is -3.09. The van der Waals surface area contributed by atoms with Gasteiger partial charge < -0.3 is 14.5 Å². The zero-order valence-corrected chi connectivity index (χ0v) is 15.6. The van der Waals surface area contributed by atoms with Crippen molar-refractivity contribution in [3.63, 3.8) is 0 Å². The maximum absolute atomic E-state index is 12.4. The number of ether oxygens (including phenoxy) is 1. The number of nitro groups is 1. The van der Waals surface area contributed by atoms with Gasteiger partial charge in [0.05, 0.1) is 4.92 Å². The van der Waals surface area contributed by atoms with Crippen molar-refractivity contribution in [3.05, 3.63) is 63.7 Å². The first kappa shape index (κ1) is 18.7. The number of aryl methyl sites for hydroxylation is 2. The first-order valence-corrected chi connectivity index (χ1v) is 8.91. The molecule has 1 amide bonds. The van der Waals surface area contributed by atoms with E-state index in [4.69, 9.17) is 4.74 Å². The first-order valence-electron chi connectivity index (χ1n) is 8.91. The number of nitro benzene ring substituents is 1. The van der Waals surface area contributed by atoms with Gasteiger partial charge in [0, 0.05) is 44.0 Å². The largest absolute Gasteiger partial charge is 0.483 e. The van der Waals surface area contributed by atoms with Crippen molar-refractivity contribution in [3.8, 4) is 5.75 Å². The number of piperazine rings is 1. The summed E-state index contributed by atoms with van der Waals surface area (Å²) in [7, 11) is 0. The summed E-state index contributed by atoms with van der Waals surface area (Å²) in [4.78, 5) is 26.8. The van der Waals surface area contributed by atoms with Crippen molar-refractivity contribution in [2.45, 2.75) is 13.8 Å². The third kappa shape index (κ3) is 4.55. The van der Waals surface area contributed by atoms with Crippen LogP contribution in [0.1, 0.15) is 11.1 Å². The number of nitrogens with zero attached hydrogens (tertiary/aromatic N) is 3. The molecule has 2 aromatic carbocycles. The van der Waals surface area contributed by atoms with Gasteiger partial charge in [0.15, 0.2) is 6.61 Å². The predicted molar refractivity (Wildman–Crippen MR) is 103 cm³/mol. The van der Waals surface area contributed by atoms with Gasteiger partial charge >= 0.3 is 0 Å². The number of amides is 1. The van der Waals surface area contributed by atoms with Gasteiger partial charge in [-0.3, -0.25) is 14.9 Å². The van der Waals surface area contributed by atoms with Crippen molar-refractivity contribution < 1.29 is 14.5 Å². The second-order valence-electron chi connectivity index (χ2n) is 6.70. The molecule has 0 saturated carbocycles. The fourth-order valence-electron chi connectivity index (χ4n) is 3.11. The van der Waals surface area contributed by atoms with Crippen LogP contribution < -0.4 is 9.64 Å². The lowest BCUT2D eigenvalue weighted by molar-refractivity contribution is -0.384. The number of carbonyl (C=O) groups excluding carboxylic acids is 1. The zero-order chi connectivity index (χ0) is 19.4. The highest BCUT2D eigenvalue weighted by molar-refractivity contribution is 5.78. The molecule has 27 heavy (non-hydrogen) atoms. The van der Waals surface area contributed by atoms with Crippen LogP contribution in [-0.4, -0.2) is 48.5 Å². The van der Waals surface area contributed by atoms with Crippen LogP contribution >= 0.6 is 0 Å². The average molecular weight is 369 g/mol. The van der Waals surface area contributed by atoms with Crippen LogP contribution in [0.3, 0.4) is 0 Å². The topological polar surface area (TPSA) is 75.9 Å². The Balaban J connectivity index is 1.54. The molecule has 1 aliphatic heterocycles. The van der Waals surface area contributed by atoms with E-state index in [1.54, 1.807) is 17.0 Å². The molecule has 0 aliphatic carbocycles. The zero-order valence-electron chi connectivity index (χ0n) is 15.6. The highest BCUT2D eigenvalue weighted by Crippen LogP contribution is 2.22. The van der Waals surface area contributed by atoms with Gasteiger partial charge in [-0.15, -0.1) is 0 Å². The van der Waals surface area contributed by atoms with E-state index in [1.165, 1.54) is 6.07 Å². The third-order valence-electron chi connectivity index (χ3n) is 4.73. The van der Waals surface area contributed by atoms with Crippen molar-refractivity contribution >= 4 is 17.3 Å². The van der Waals surface area contributed by atoms with Crippen LogP contribution in [0.25, 0.3) is 0 Å². The van der Waals surface area contributed by atoms with Gasteiger partial charge in [-0.05, 0) is 37.1 Å². The summed E-state index contributed by atoms with van der Waals surface area (Å²) in [5, 5.41) is 10.9. The van der Waals surface area contributed by atoms with E-state index in [1.807, 2.05) is 38.1 Å². The lowest BCUT2D eigenvalue weighted by Gasteiger charge is -2.36. The molecule has 0 bridgehead atoms. The molecule has 0 atom stereocenters. The molecule has 142 valence electrons. The summed E-state index contributed by atoms with van der Waals surface area (Å²) >= 11 is 0. The molecule has 2 aromatic rings. The minimum atomic E-state index is -0.395. The van der Waals surface area contributed by atoms with Crippen LogP contribution in [0, 0.1) is 24.0 Å². The quantitative estimate of drug-likeness (QED) is 0.598. The molecule has 7 nitrogen and oxygen atoms in total. The van der Waals surface area contributed by atoms with Gasteiger partial charge in [-0.2, -0.15) is 0 Å². The van der Waals surface area contributed by atoms with Crippen molar-refractivity contribution in [1.29, 1.82) is 0 Å². The lowest BCUT2D eigenvalue weighted by atomic mass is 10.1. The Bertz CT molecular complexity index is 845. The van der Waals surface area contributed by atoms with Crippen LogP contribution in [-0.2, 0) is 4.79 Å². The summed E-state index contributed by atoms with van der Waals surface area (Å²) < 4.78 is 5.71. The molecular weight excluding hydrogens is 346 g/mol. The molecule has 7 heteroatoms. The minimum Gasteiger partial charge on any atom is -0.483 e. The van der Waals surface area contributed by atoms with Crippen molar-refractivity contribution in [1.82, 2.24) is 4.90 Å². The number of anilines is 1. The highest BCUT2D eigenvalue weighted by Gasteiger charge is 2.22. The monoisotopic (exact) mass is 369 g/mol. The maximum atomic E-state index is 12.4. The van der Waals surface area contributed by atoms with Crippen LogP contribution in [0.5, 0.6) is 5.75 Å². The highest BCUT2D eigenvalue weighted by atomic mass is 16.6. The Morgan fingerprint density at radius 2 is 1.85 bits per heavy atom. The van der Waals surface area contributed by atoms with Gasteiger partial charge in [0.1, 0.15) is 5.75 Å². The number of non-ortho nitro benzene ring substituents is 1. The molecule has 1 fully saturated rings. The van der Waals surface area contributed by atoms with Gasteiger partial charge in [-0.1, -0.05) is 18.2 Å².